The van der Waals surface area contributed by atoms with Crippen molar-refractivity contribution in [2.75, 3.05) is 33.9 Å². The van der Waals surface area contributed by atoms with E-state index >= 15 is 0 Å². The fourth-order valence-corrected chi connectivity index (χ4v) is 4.83. The lowest BCUT2D eigenvalue weighted by Gasteiger charge is -2.27. The van der Waals surface area contributed by atoms with Gasteiger partial charge in [-0.05, 0) is 54.8 Å². The number of carbonyl (C=O) groups excluding carboxylic acids is 3. The minimum absolute atomic E-state index is 0.181. The molecule has 2 aliphatic heterocycles. The van der Waals surface area contributed by atoms with E-state index in [0.717, 1.165) is 52.3 Å². The van der Waals surface area contributed by atoms with Crippen LogP contribution in [0.2, 0.25) is 0 Å². The fraction of sp³-hybridized carbons (Fsp3) is 0.348. The molecule has 2 aliphatic rings. The molecule has 2 fully saturated rings. The van der Waals surface area contributed by atoms with Crippen LogP contribution in [0.15, 0.2) is 35.2 Å². The second-order valence-corrected chi connectivity index (χ2v) is 8.44. The number of hydrogen-bond donors (Lipinski definition) is 0. The van der Waals surface area contributed by atoms with Gasteiger partial charge >= 0.3 is 0 Å². The van der Waals surface area contributed by atoms with Gasteiger partial charge in [-0.2, -0.15) is 0 Å². The van der Waals surface area contributed by atoms with E-state index < -0.39 is 11.1 Å². The second kappa shape index (κ2) is 9.01. The van der Waals surface area contributed by atoms with Crippen molar-refractivity contribution in [1.82, 2.24) is 9.80 Å². The average Bonchev–Trinajstić information content (AvgIpc) is 3.06. The molecule has 0 saturated carbocycles. The molecular formula is C23H24N2O5S. The van der Waals surface area contributed by atoms with Gasteiger partial charge in [-0.1, -0.05) is 18.2 Å². The lowest BCUT2D eigenvalue weighted by molar-refractivity contribution is -0.136. The Bertz CT molecular complexity index is 1080. The van der Waals surface area contributed by atoms with E-state index in [9.17, 15) is 14.4 Å². The number of likely N-dealkylation sites (tertiary alicyclic amines) is 1. The number of methoxy groups -OCH3 is 2. The van der Waals surface area contributed by atoms with E-state index in [0.29, 0.717) is 24.6 Å². The molecule has 2 heterocycles. The molecule has 162 valence electrons. The summed E-state index contributed by atoms with van der Waals surface area (Å²) in [5, 5.41) is 1.21. The molecular weight excluding hydrogens is 416 g/mol. The average molecular weight is 441 g/mol. The van der Waals surface area contributed by atoms with Crippen molar-refractivity contribution in [2.24, 2.45) is 0 Å². The summed E-state index contributed by atoms with van der Waals surface area (Å²) in [5.41, 5.74) is 0.737. The zero-order valence-electron chi connectivity index (χ0n) is 17.6. The summed E-state index contributed by atoms with van der Waals surface area (Å²) in [7, 11) is 3.18. The first kappa shape index (κ1) is 21.2. The van der Waals surface area contributed by atoms with E-state index in [1.54, 1.807) is 25.2 Å². The third-order valence-electron chi connectivity index (χ3n) is 5.60. The van der Waals surface area contributed by atoms with Gasteiger partial charge in [-0.25, -0.2) is 0 Å². The van der Waals surface area contributed by atoms with E-state index in [1.165, 1.54) is 0 Å². The molecule has 0 aromatic heterocycles. The number of imide groups is 1. The topological polar surface area (TPSA) is 76.2 Å². The Morgan fingerprint density at radius 3 is 2.48 bits per heavy atom. The molecule has 0 atom stereocenters. The zero-order chi connectivity index (χ0) is 22.0. The number of piperidine rings is 1. The SMILES string of the molecule is COc1ccc(/C=C2\SC(=O)N(CC(=O)N3CCCCC3)C2=O)c2c(OC)cccc12. The first-order valence-corrected chi connectivity index (χ1v) is 11.0. The van der Waals surface area contributed by atoms with Crippen molar-refractivity contribution in [3.63, 3.8) is 0 Å². The maximum Gasteiger partial charge on any atom is 0.294 e. The van der Waals surface area contributed by atoms with Gasteiger partial charge in [-0.3, -0.25) is 19.3 Å². The van der Waals surface area contributed by atoms with Crippen molar-refractivity contribution in [3.8, 4) is 11.5 Å². The molecule has 7 nitrogen and oxygen atoms in total. The number of ether oxygens (including phenoxy) is 2. The molecule has 0 bridgehead atoms. The van der Waals surface area contributed by atoms with Crippen LogP contribution in [0.5, 0.6) is 11.5 Å². The number of amides is 3. The number of rotatable bonds is 5. The Hall–Kier alpha value is -3.00. The summed E-state index contributed by atoms with van der Waals surface area (Å²) in [4.78, 5) is 41.1. The number of carbonyl (C=O) groups is 3. The maximum atomic E-state index is 12.9. The van der Waals surface area contributed by atoms with Crippen molar-refractivity contribution < 1.29 is 23.9 Å². The number of hydrogen-bond acceptors (Lipinski definition) is 6. The molecule has 2 aromatic rings. The molecule has 2 aromatic carbocycles. The lowest BCUT2D eigenvalue weighted by atomic mass is 10.0. The highest BCUT2D eigenvalue weighted by atomic mass is 32.2. The number of benzene rings is 2. The maximum absolute atomic E-state index is 12.9. The van der Waals surface area contributed by atoms with E-state index in [2.05, 4.69) is 0 Å². The first-order chi connectivity index (χ1) is 15.0. The van der Waals surface area contributed by atoms with Gasteiger partial charge in [-0.15, -0.1) is 0 Å². The number of thioether (sulfide) groups is 1. The van der Waals surface area contributed by atoms with Crippen molar-refractivity contribution in [1.29, 1.82) is 0 Å². The van der Waals surface area contributed by atoms with Crippen LogP contribution >= 0.6 is 11.8 Å². The Labute approximate surface area is 185 Å². The monoisotopic (exact) mass is 440 g/mol. The number of nitrogens with zero attached hydrogens (tertiary/aromatic N) is 2. The molecule has 0 unspecified atom stereocenters. The van der Waals surface area contributed by atoms with Gasteiger partial charge in [0.1, 0.15) is 18.0 Å². The predicted molar refractivity (Wildman–Crippen MR) is 120 cm³/mol. The summed E-state index contributed by atoms with van der Waals surface area (Å²) in [6.45, 7) is 1.15. The highest BCUT2D eigenvalue weighted by molar-refractivity contribution is 8.18. The predicted octanol–water partition coefficient (Wildman–Crippen LogP) is 3.91. The summed E-state index contributed by atoms with van der Waals surface area (Å²) in [6, 6.07) is 9.26. The molecule has 0 spiro atoms. The van der Waals surface area contributed by atoms with Gasteiger partial charge in [0.15, 0.2) is 0 Å². The Balaban J connectivity index is 1.64. The minimum Gasteiger partial charge on any atom is -0.496 e. The highest BCUT2D eigenvalue weighted by Gasteiger charge is 2.37. The quantitative estimate of drug-likeness (QED) is 0.657. The highest BCUT2D eigenvalue weighted by Crippen LogP contribution is 2.38. The Morgan fingerprint density at radius 1 is 1.03 bits per heavy atom. The minimum atomic E-state index is -0.445. The molecule has 0 N–H and O–H groups in total. The van der Waals surface area contributed by atoms with Gasteiger partial charge < -0.3 is 14.4 Å². The summed E-state index contributed by atoms with van der Waals surface area (Å²) in [5.74, 6) is 0.701. The smallest absolute Gasteiger partial charge is 0.294 e. The van der Waals surface area contributed by atoms with Crippen LogP contribution in [-0.4, -0.2) is 60.7 Å². The molecule has 2 saturated heterocycles. The van der Waals surface area contributed by atoms with Crippen LogP contribution in [0.4, 0.5) is 4.79 Å². The largest absolute Gasteiger partial charge is 0.496 e. The van der Waals surface area contributed by atoms with Crippen molar-refractivity contribution >= 4 is 45.7 Å². The fourth-order valence-electron chi connectivity index (χ4n) is 4.00. The normalized spacial score (nSPS) is 18.2. The van der Waals surface area contributed by atoms with Crippen LogP contribution in [0.3, 0.4) is 0 Å². The summed E-state index contributed by atoms with van der Waals surface area (Å²) >= 11 is 0.853. The van der Waals surface area contributed by atoms with Gasteiger partial charge in [0.25, 0.3) is 11.1 Å². The zero-order valence-corrected chi connectivity index (χ0v) is 18.4. The molecule has 4 rings (SSSR count). The molecule has 3 amide bonds. The van der Waals surface area contributed by atoms with Crippen LogP contribution in [-0.2, 0) is 9.59 Å². The summed E-state index contributed by atoms with van der Waals surface area (Å²) < 4.78 is 11.0. The third kappa shape index (κ3) is 4.12. The van der Waals surface area contributed by atoms with Gasteiger partial charge in [0.2, 0.25) is 5.91 Å². The van der Waals surface area contributed by atoms with Crippen LogP contribution in [0.1, 0.15) is 24.8 Å². The van der Waals surface area contributed by atoms with E-state index in [1.807, 2.05) is 30.3 Å². The van der Waals surface area contributed by atoms with Gasteiger partial charge in [0.05, 0.1) is 19.1 Å². The van der Waals surface area contributed by atoms with Crippen LogP contribution < -0.4 is 9.47 Å². The first-order valence-electron chi connectivity index (χ1n) is 10.2. The van der Waals surface area contributed by atoms with E-state index in [4.69, 9.17) is 9.47 Å². The summed E-state index contributed by atoms with van der Waals surface area (Å²) in [6.07, 6.45) is 4.70. The molecule has 8 heteroatoms. The van der Waals surface area contributed by atoms with Crippen molar-refractivity contribution in [2.45, 2.75) is 19.3 Å². The van der Waals surface area contributed by atoms with E-state index in [-0.39, 0.29) is 17.4 Å². The van der Waals surface area contributed by atoms with Crippen molar-refractivity contribution in [3.05, 3.63) is 40.8 Å². The van der Waals surface area contributed by atoms with Crippen LogP contribution in [0, 0.1) is 0 Å². The molecule has 0 aliphatic carbocycles. The van der Waals surface area contributed by atoms with Gasteiger partial charge in [0, 0.05) is 23.9 Å². The molecule has 0 radical (unpaired) electrons. The van der Waals surface area contributed by atoms with Crippen LogP contribution in [0.25, 0.3) is 16.8 Å². The Morgan fingerprint density at radius 2 is 1.77 bits per heavy atom. The third-order valence-corrected chi connectivity index (χ3v) is 6.50. The lowest BCUT2D eigenvalue weighted by Crippen LogP contribution is -2.44. The number of fused-ring (bicyclic) bond motifs is 1. The molecule has 31 heavy (non-hydrogen) atoms. The standard InChI is InChI=1S/C23H24N2O5S/c1-29-17-10-9-15(21-16(17)7-6-8-18(21)30-2)13-19-22(27)25(23(28)31-19)14-20(26)24-11-4-3-5-12-24/h6-10,13H,3-5,11-12,14H2,1-2H3/b19-13-. The second-order valence-electron chi connectivity index (χ2n) is 7.45. The Kier molecular flexibility index (Phi) is 6.18.